The normalized spacial score (nSPS) is 10.5. The van der Waals surface area contributed by atoms with Gasteiger partial charge in [0.25, 0.3) is 5.91 Å². The summed E-state index contributed by atoms with van der Waals surface area (Å²) in [5.41, 5.74) is 0.302. The van der Waals surface area contributed by atoms with Crippen LogP contribution >= 0.6 is 0 Å². The standard InChI is InChI=1S/C23H22N2O7/c1-5-25-12-18(20(26)17-11-16(30-2)6-7-19(17)25)21(27)24-15-9-13(22(28)31-3)8-14(10-15)23(29)32-4/h6-12H,5H2,1-4H3,(H,24,27). The van der Waals surface area contributed by atoms with Gasteiger partial charge < -0.3 is 24.1 Å². The molecule has 9 nitrogen and oxygen atoms in total. The highest BCUT2D eigenvalue weighted by molar-refractivity contribution is 6.07. The van der Waals surface area contributed by atoms with E-state index in [4.69, 9.17) is 14.2 Å². The number of methoxy groups -OCH3 is 3. The minimum absolute atomic E-state index is 0.0416. The molecule has 1 heterocycles. The van der Waals surface area contributed by atoms with Crippen LogP contribution in [0.2, 0.25) is 0 Å². The smallest absolute Gasteiger partial charge is 0.337 e. The van der Waals surface area contributed by atoms with Gasteiger partial charge in [-0.25, -0.2) is 9.59 Å². The molecule has 32 heavy (non-hydrogen) atoms. The van der Waals surface area contributed by atoms with Gasteiger partial charge in [0.1, 0.15) is 11.3 Å². The number of carbonyl (C=O) groups excluding carboxylic acids is 3. The third kappa shape index (κ3) is 4.31. The summed E-state index contributed by atoms with van der Waals surface area (Å²) in [6.07, 6.45) is 1.47. The van der Waals surface area contributed by atoms with Crippen molar-refractivity contribution >= 4 is 34.4 Å². The molecule has 0 spiro atoms. The summed E-state index contributed by atoms with van der Waals surface area (Å²) in [7, 11) is 3.88. The van der Waals surface area contributed by atoms with Crippen LogP contribution in [0.5, 0.6) is 5.75 Å². The number of hydrogen-bond acceptors (Lipinski definition) is 7. The maximum Gasteiger partial charge on any atom is 0.337 e. The Morgan fingerprint density at radius 2 is 1.56 bits per heavy atom. The number of nitrogens with zero attached hydrogens (tertiary/aromatic N) is 1. The predicted molar refractivity (Wildman–Crippen MR) is 118 cm³/mol. The van der Waals surface area contributed by atoms with Gasteiger partial charge in [-0.3, -0.25) is 9.59 Å². The summed E-state index contributed by atoms with van der Waals surface area (Å²) in [6, 6.07) is 9.05. The summed E-state index contributed by atoms with van der Waals surface area (Å²) >= 11 is 0. The molecule has 0 saturated heterocycles. The molecule has 166 valence electrons. The second-order valence-electron chi connectivity index (χ2n) is 6.78. The summed E-state index contributed by atoms with van der Waals surface area (Å²) in [6.45, 7) is 2.41. The topological polar surface area (TPSA) is 113 Å². The van der Waals surface area contributed by atoms with Crippen LogP contribution in [0.1, 0.15) is 38.0 Å². The number of nitrogens with one attached hydrogen (secondary N) is 1. The van der Waals surface area contributed by atoms with E-state index in [1.54, 1.807) is 22.8 Å². The lowest BCUT2D eigenvalue weighted by molar-refractivity contribution is 0.0599. The maximum absolute atomic E-state index is 13.1. The molecule has 0 aliphatic carbocycles. The molecular formula is C23H22N2O7. The molecule has 0 bridgehead atoms. The van der Waals surface area contributed by atoms with Crippen LogP contribution in [0.25, 0.3) is 10.9 Å². The molecule has 0 aliphatic heterocycles. The van der Waals surface area contributed by atoms with Crippen LogP contribution in [-0.4, -0.2) is 43.7 Å². The average molecular weight is 438 g/mol. The quantitative estimate of drug-likeness (QED) is 0.589. The average Bonchev–Trinajstić information content (AvgIpc) is 2.82. The van der Waals surface area contributed by atoms with Gasteiger partial charge in [-0.05, 0) is 43.3 Å². The number of hydrogen-bond donors (Lipinski definition) is 1. The fourth-order valence-electron chi connectivity index (χ4n) is 3.30. The van der Waals surface area contributed by atoms with E-state index in [-0.39, 0.29) is 22.4 Å². The van der Waals surface area contributed by atoms with E-state index in [9.17, 15) is 19.2 Å². The Morgan fingerprint density at radius 3 is 2.09 bits per heavy atom. The van der Waals surface area contributed by atoms with Crippen molar-refractivity contribution in [3.63, 3.8) is 0 Å². The highest BCUT2D eigenvalue weighted by atomic mass is 16.5. The predicted octanol–water partition coefficient (Wildman–Crippen LogP) is 2.86. The number of ether oxygens (including phenoxy) is 3. The van der Waals surface area contributed by atoms with Gasteiger partial charge in [-0.2, -0.15) is 0 Å². The summed E-state index contributed by atoms with van der Waals surface area (Å²) in [5.74, 6) is -1.60. The zero-order chi connectivity index (χ0) is 23.4. The minimum Gasteiger partial charge on any atom is -0.497 e. The van der Waals surface area contributed by atoms with Crippen LogP contribution < -0.4 is 15.5 Å². The van der Waals surface area contributed by atoms with E-state index in [1.165, 1.54) is 45.7 Å². The first-order valence-electron chi connectivity index (χ1n) is 9.67. The SMILES string of the molecule is CCn1cc(C(=O)Nc2cc(C(=O)OC)cc(C(=O)OC)c2)c(=O)c2cc(OC)ccc21. The molecular weight excluding hydrogens is 416 g/mol. The Bertz CT molecular complexity index is 1240. The minimum atomic E-state index is -0.697. The Labute approximate surface area is 183 Å². The molecule has 1 N–H and O–H groups in total. The first kappa shape index (κ1) is 22.5. The Balaban J connectivity index is 2.08. The molecule has 1 aromatic heterocycles. The summed E-state index contributed by atoms with van der Waals surface area (Å²) in [4.78, 5) is 50.0. The fraction of sp³-hybridized carbons (Fsp3) is 0.217. The Hall–Kier alpha value is -4.14. The van der Waals surface area contributed by atoms with Crippen LogP contribution in [0, 0.1) is 0 Å². The number of esters is 2. The zero-order valence-electron chi connectivity index (χ0n) is 18.1. The molecule has 3 rings (SSSR count). The van der Waals surface area contributed by atoms with Crippen molar-refractivity contribution in [2.24, 2.45) is 0 Å². The van der Waals surface area contributed by atoms with Crippen LogP contribution in [0.15, 0.2) is 47.4 Å². The second kappa shape index (κ2) is 9.34. The first-order chi connectivity index (χ1) is 15.3. The highest BCUT2D eigenvalue weighted by Gasteiger charge is 2.19. The zero-order valence-corrected chi connectivity index (χ0v) is 18.1. The van der Waals surface area contributed by atoms with E-state index in [0.717, 1.165) is 0 Å². The van der Waals surface area contributed by atoms with E-state index in [0.29, 0.717) is 23.2 Å². The number of pyridine rings is 1. The lowest BCUT2D eigenvalue weighted by atomic mass is 10.1. The van der Waals surface area contributed by atoms with Crippen molar-refractivity contribution in [2.45, 2.75) is 13.5 Å². The van der Waals surface area contributed by atoms with E-state index in [2.05, 4.69) is 5.32 Å². The molecule has 1 amide bonds. The lowest BCUT2D eigenvalue weighted by Crippen LogP contribution is -2.24. The fourth-order valence-corrected chi connectivity index (χ4v) is 3.30. The highest BCUT2D eigenvalue weighted by Crippen LogP contribution is 2.21. The van der Waals surface area contributed by atoms with Gasteiger partial charge in [0.15, 0.2) is 0 Å². The van der Waals surface area contributed by atoms with Crippen LogP contribution in [0.3, 0.4) is 0 Å². The van der Waals surface area contributed by atoms with Gasteiger partial charge in [0.2, 0.25) is 5.43 Å². The largest absolute Gasteiger partial charge is 0.497 e. The van der Waals surface area contributed by atoms with Crippen molar-refractivity contribution < 1.29 is 28.6 Å². The molecule has 2 aromatic carbocycles. The third-order valence-electron chi connectivity index (χ3n) is 4.91. The molecule has 0 radical (unpaired) electrons. The number of fused-ring (bicyclic) bond motifs is 1. The number of rotatable bonds is 6. The maximum atomic E-state index is 13.1. The molecule has 9 heteroatoms. The third-order valence-corrected chi connectivity index (χ3v) is 4.91. The first-order valence-corrected chi connectivity index (χ1v) is 9.67. The van der Waals surface area contributed by atoms with Gasteiger partial charge in [0, 0.05) is 18.4 Å². The number of amides is 1. The van der Waals surface area contributed by atoms with Crippen molar-refractivity contribution in [1.82, 2.24) is 4.57 Å². The summed E-state index contributed by atoms with van der Waals surface area (Å²) < 4.78 is 16.4. The van der Waals surface area contributed by atoms with E-state index < -0.39 is 23.3 Å². The Kier molecular flexibility index (Phi) is 6.58. The van der Waals surface area contributed by atoms with Crippen molar-refractivity contribution in [2.75, 3.05) is 26.6 Å². The lowest BCUT2D eigenvalue weighted by Gasteiger charge is -2.13. The van der Waals surface area contributed by atoms with Crippen molar-refractivity contribution in [3.05, 3.63) is 69.5 Å². The number of anilines is 1. The number of benzene rings is 2. The number of aryl methyl sites for hydroxylation is 1. The molecule has 0 atom stereocenters. The van der Waals surface area contributed by atoms with Gasteiger partial charge in [-0.1, -0.05) is 0 Å². The van der Waals surface area contributed by atoms with Crippen LogP contribution in [-0.2, 0) is 16.0 Å². The molecule has 0 saturated carbocycles. The van der Waals surface area contributed by atoms with Gasteiger partial charge in [0.05, 0.1) is 43.4 Å². The van der Waals surface area contributed by atoms with E-state index >= 15 is 0 Å². The van der Waals surface area contributed by atoms with Gasteiger partial charge >= 0.3 is 11.9 Å². The monoisotopic (exact) mass is 438 g/mol. The molecule has 0 unspecified atom stereocenters. The molecule has 0 aliphatic rings. The van der Waals surface area contributed by atoms with E-state index in [1.807, 2.05) is 6.92 Å². The molecule has 0 fully saturated rings. The summed E-state index contributed by atoms with van der Waals surface area (Å²) in [5, 5.41) is 2.91. The van der Waals surface area contributed by atoms with Gasteiger partial charge in [-0.15, -0.1) is 0 Å². The van der Waals surface area contributed by atoms with Crippen molar-refractivity contribution in [1.29, 1.82) is 0 Å². The Morgan fingerprint density at radius 1 is 0.938 bits per heavy atom. The molecule has 3 aromatic rings. The second-order valence-corrected chi connectivity index (χ2v) is 6.78. The number of aromatic nitrogens is 1. The van der Waals surface area contributed by atoms with Crippen molar-refractivity contribution in [3.8, 4) is 5.75 Å². The van der Waals surface area contributed by atoms with Crippen LogP contribution in [0.4, 0.5) is 5.69 Å². The number of carbonyl (C=O) groups is 3.